The van der Waals surface area contributed by atoms with E-state index in [1.54, 1.807) is 16.4 Å². The third kappa shape index (κ3) is 2.63. The monoisotopic (exact) mass is 349 g/mol. The minimum Gasteiger partial charge on any atom is -0.480 e. The smallest absolute Gasteiger partial charge is 0.326 e. The summed E-state index contributed by atoms with van der Waals surface area (Å²) in [7, 11) is 0. The third-order valence-electron chi connectivity index (χ3n) is 4.93. The second-order valence-electron chi connectivity index (χ2n) is 6.58. The summed E-state index contributed by atoms with van der Waals surface area (Å²) in [5.74, 6) is -0.369. The van der Waals surface area contributed by atoms with Crippen LogP contribution in [0.25, 0.3) is 11.0 Å². The number of para-hydroxylation sites is 3. The molecule has 3 aromatic rings. The van der Waals surface area contributed by atoms with Crippen molar-refractivity contribution in [3.63, 3.8) is 0 Å². The Labute approximate surface area is 150 Å². The lowest BCUT2D eigenvalue weighted by atomic mass is 10.1. The van der Waals surface area contributed by atoms with E-state index in [2.05, 4.69) is 4.98 Å². The average molecular weight is 349 g/mol. The van der Waals surface area contributed by atoms with E-state index in [1.807, 2.05) is 54.6 Å². The summed E-state index contributed by atoms with van der Waals surface area (Å²) in [5.41, 5.74) is 2.39. The summed E-state index contributed by atoms with van der Waals surface area (Å²) in [5, 5.41) is 9.54. The number of aliphatic carboxylic acids is 1. The highest BCUT2D eigenvalue weighted by atomic mass is 16.4. The van der Waals surface area contributed by atoms with Crippen LogP contribution >= 0.6 is 0 Å². The van der Waals surface area contributed by atoms with Crippen molar-refractivity contribution in [3.05, 3.63) is 60.4 Å². The van der Waals surface area contributed by atoms with Gasteiger partial charge in [-0.15, -0.1) is 0 Å². The molecule has 1 fully saturated rings. The number of hydrogen-bond acceptors (Lipinski definition) is 3. The first kappa shape index (κ1) is 16.3. The molecule has 0 radical (unpaired) electrons. The topological polar surface area (TPSA) is 75.4 Å². The lowest BCUT2D eigenvalue weighted by Gasteiger charge is -2.18. The Hall–Kier alpha value is -3.15. The van der Waals surface area contributed by atoms with Crippen molar-refractivity contribution in [2.24, 2.45) is 0 Å². The number of rotatable bonds is 4. The van der Waals surface area contributed by atoms with Crippen LogP contribution in [-0.2, 0) is 9.59 Å². The van der Waals surface area contributed by atoms with Gasteiger partial charge in [-0.2, -0.15) is 0 Å². The van der Waals surface area contributed by atoms with Gasteiger partial charge in [0.1, 0.15) is 11.9 Å². The minimum atomic E-state index is -0.918. The summed E-state index contributed by atoms with van der Waals surface area (Å²) < 4.78 is 1.75. The van der Waals surface area contributed by atoms with E-state index in [0.717, 1.165) is 16.7 Å². The normalized spacial score (nSPS) is 18.4. The number of nitrogens with zero attached hydrogens (tertiary/aromatic N) is 3. The molecule has 1 aliphatic heterocycles. The maximum atomic E-state index is 12.6. The molecule has 1 aromatic heterocycles. The van der Waals surface area contributed by atoms with Crippen molar-refractivity contribution in [2.45, 2.75) is 25.3 Å². The molecule has 1 amide bonds. The van der Waals surface area contributed by atoms with Crippen LogP contribution in [0.2, 0.25) is 0 Å². The predicted octanol–water partition coefficient (Wildman–Crippen LogP) is 3.20. The zero-order chi connectivity index (χ0) is 18.3. The molecule has 1 aliphatic rings. The van der Waals surface area contributed by atoms with Gasteiger partial charge in [0.2, 0.25) is 5.91 Å². The summed E-state index contributed by atoms with van der Waals surface area (Å²) in [6.45, 7) is 2.14. The number of benzene rings is 2. The van der Waals surface area contributed by atoms with Gasteiger partial charge < -0.3 is 14.6 Å². The summed E-state index contributed by atoms with van der Waals surface area (Å²) in [4.78, 5) is 30.6. The molecular weight excluding hydrogens is 330 g/mol. The first-order valence-corrected chi connectivity index (χ1v) is 8.61. The van der Waals surface area contributed by atoms with Crippen LogP contribution in [0.5, 0.6) is 0 Å². The van der Waals surface area contributed by atoms with E-state index in [4.69, 9.17) is 0 Å². The molecule has 6 nitrogen and oxygen atoms in total. The Kier molecular flexibility index (Phi) is 3.95. The highest BCUT2D eigenvalue weighted by Crippen LogP contribution is 2.34. The molecule has 2 aromatic carbocycles. The van der Waals surface area contributed by atoms with Gasteiger partial charge in [-0.05, 0) is 31.2 Å². The largest absolute Gasteiger partial charge is 0.480 e. The van der Waals surface area contributed by atoms with E-state index in [0.29, 0.717) is 18.8 Å². The SMILES string of the molecule is C[C@H](C(=O)O)n1c([C@H]2CC(=O)N(c3ccccc3)C2)nc2ccccc21. The van der Waals surface area contributed by atoms with Crippen LogP contribution in [0.3, 0.4) is 0 Å². The van der Waals surface area contributed by atoms with Crippen LogP contribution in [0.4, 0.5) is 5.69 Å². The van der Waals surface area contributed by atoms with Crippen LogP contribution in [-0.4, -0.2) is 33.1 Å². The van der Waals surface area contributed by atoms with Crippen LogP contribution in [0, 0.1) is 0 Å². The number of carbonyl (C=O) groups is 2. The van der Waals surface area contributed by atoms with E-state index in [9.17, 15) is 14.7 Å². The van der Waals surface area contributed by atoms with E-state index >= 15 is 0 Å². The number of hydrogen-bond donors (Lipinski definition) is 1. The van der Waals surface area contributed by atoms with Gasteiger partial charge >= 0.3 is 5.97 Å². The van der Waals surface area contributed by atoms with E-state index in [-0.39, 0.29) is 11.8 Å². The zero-order valence-electron chi connectivity index (χ0n) is 14.4. The molecule has 4 rings (SSSR count). The Bertz CT molecular complexity index is 980. The van der Waals surface area contributed by atoms with Crippen LogP contribution in [0.15, 0.2) is 54.6 Å². The molecular formula is C20H19N3O3. The summed E-state index contributed by atoms with van der Waals surface area (Å²) in [6, 6.07) is 16.3. The van der Waals surface area contributed by atoms with E-state index < -0.39 is 12.0 Å². The first-order valence-electron chi connectivity index (χ1n) is 8.61. The second kappa shape index (κ2) is 6.29. The van der Waals surface area contributed by atoms with Crippen molar-refractivity contribution in [3.8, 4) is 0 Å². The van der Waals surface area contributed by atoms with Crippen molar-refractivity contribution in [2.75, 3.05) is 11.4 Å². The molecule has 6 heteroatoms. The summed E-state index contributed by atoms with van der Waals surface area (Å²) in [6.07, 6.45) is 0.324. The van der Waals surface area contributed by atoms with Crippen LogP contribution < -0.4 is 4.90 Å². The maximum Gasteiger partial charge on any atom is 0.326 e. The Morgan fingerprint density at radius 2 is 1.85 bits per heavy atom. The molecule has 0 saturated carbocycles. The van der Waals surface area contributed by atoms with Crippen molar-refractivity contribution >= 4 is 28.6 Å². The number of carboxylic acid groups (broad SMARTS) is 1. The first-order chi connectivity index (χ1) is 12.6. The highest BCUT2D eigenvalue weighted by molar-refractivity contribution is 5.96. The molecule has 0 bridgehead atoms. The van der Waals surface area contributed by atoms with Crippen LogP contribution in [0.1, 0.15) is 31.1 Å². The second-order valence-corrected chi connectivity index (χ2v) is 6.58. The number of imidazole rings is 1. The van der Waals surface area contributed by atoms with Gasteiger partial charge in [0, 0.05) is 24.6 Å². The van der Waals surface area contributed by atoms with Gasteiger partial charge in [0.25, 0.3) is 0 Å². The number of amides is 1. The van der Waals surface area contributed by atoms with E-state index in [1.165, 1.54) is 0 Å². The molecule has 1 N–H and O–H groups in total. The quantitative estimate of drug-likeness (QED) is 0.785. The molecule has 0 unspecified atom stereocenters. The maximum absolute atomic E-state index is 12.6. The van der Waals surface area contributed by atoms with Crippen molar-refractivity contribution in [1.82, 2.24) is 9.55 Å². The Morgan fingerprint density at radius 1 is 1.15 bits per heavy atom. The Balaban J connectivity index is 1.76. The molecule has 0 spiro atoms. The van der Waals surface area contributed by atoms with Gasteiger partial charge in [-0.1, -0.05) is 30.3 Å². The summed E-state index contributed by atoms with van der Waals surface area (Å²) >= 11 is 0. The lowest BCUT2D eigenvalue weighted by molar-refractivity contribution is -0.140. The van der Waals surface area contributed by atoms with Gasteiger partial charge in [-0.25, -0.2) is 9.78 Å². The van der Waals surface area contributed by atoms with Gasteiger partial charge in [0.15, 0.2) is 0 Å². The fourth-order valence-electron chi connectivity index (χ4n) is 3.61. The molecule has 1 saturated heterocycles. The third-order valence-corrected chi connectivity index (χ3v) is 4.93. The number of aromatic nitrogens is 2. The number of fused-ring (bicyclic) bond motifs is 1. The standard InChI is InChI=1S/C20H19N3O3/c1-13(20(25)26)23-17-10-6-5-9-16(17)21-19(23)14-11-18(24)22(12-14)15-7-3-2-4-8-15/h2-10,13-14H,11-12H2,1H3,(H,25,26)/t13-,14+/m1/s1. The van der Waals surface area contributed by atoms with Crippen molar-refractivity contribution in [1.29, 1.82) is 0 Å². The molecule has 2 atom stereocenters. The average Bonchev–Trinajstić information content (AvgIpc) is 3.22. The molecule has 26 heavy (non-hydrogen) atoms. The number of carbonyl (C=O) groups excluding carboxylic acids is 1. The predicted molar refractivity (Wildman–Crippen MR) is 98.2 cm³/mol. The minimum absolute atomic E-state index is 0.0304. The molecule has 132 valence electrons. The van der Waals surface area contributed by atoms with Gasteiger partial charge in [0.05, 0.1) is 11.0 Å². The fraction of sp³-hybridized carbons (Fsp3) is 0.250. The molecule has 2 heterocycles. The fourth-order valence-corrected chi connectivity index (χ4v) is 3.61. The van der Waals surface area contributed by atoms with Crippen molar-refractivity contribution < 1.29 is 14.7 Å². The Morgan fingerprint density at radius 3 is 2.58 bits per heavy atom. The molecule has 0 aliphatic carbocycles. The number of anilines is 1. The highest BCUT2D eigenvalue weighted by Gasteiger charge is 2.36. The zero-order valence-corrected chi connectivity index (χ0v) is 14.4. The van der Waals surface area contributed by atoms with Gasteiger partial charge in [-0.3, -0.25) is 4.79 Å². The lowest BCUT2D eigenvalue weighted by Crippen LogP contribution is -2.25. The number of carboxylic acids is 1.